The predicted molar refractivity (Wildman–Crippen MR) is 106 cm³/mol. The lowest BCUT2D eigenvalue weighted by Crippen LogP contribution is -3.14. The van der Waals surface area contributed by atoms with E-state index in [-0.39, 0.29) is 17.7 Å². The second kappa shape index (κ2) is 7.52. The zero-order valence-electron chi connectivity index (χ0n) is 15.8. The van der Waals surface area contributed by atoms with Gasteiger partial charge in [-0.1, -0.05) is 18.2 Å². The maximum Gasteiger partial charge on any atom is 0.279 e. The average Bonchev–Trinajstić information content (AvgIpc) is 3.05. The summed E-state index contributed by atoms with van der Waals surface area (Å²) in [5.41, 5.74) is 7.46. The highest BCUT2D eigenvalue weighted by Crippen LogP contribution is 2.36. The van der Waals surface area contributed by atoms with E-state index in [0.29, 0.717) is 23.6 Å². The Morgan fingerprint density at radius 3 is 2.64 bits per heavy atom. The Kier molecular flexibility index (Phi) is 4.92. The second-order valence-electron chi connectivity index (χ2n) is 7.30. The number of ether oxygens (including phenoxy) is 1. The molecule has 0 unspecified atom stereocenters. The Labute approximate surface area is 162 Å². The summed E-state index contributed by atoms with van der Waals surface area (Å²) in [6.45, 7) is 1.87. The van der Waals surface area contributed by atoms with Gasteiger partial charge < -0.3 is 25.1 Å². The van der Waals surface area contributed by atoms with E-state index in [0.717, 1.165) is 47.2 Å². The van der Waals surface area contributed by atoms with Crippen LogP contribution in [-0.4, -0.2) is 38.6 Å². The van der Waals surface area contributed by atoms with Crippen molar-refractivity contribution in [3.63, 3.8) is 0 Å². The van der Waals surface area contributed by atoms with E-state index in [9.17, 15) is 9.59 Å². The first-order valence-electron chi connectivity index (χ1n) is 9.47. The minimum atomic E-state index is -0.243. The first kappa shape index (κ1) is 18.3. The van der Waals surface area contributed by atoms with Crippen LogP contribution in [-0.2, 0) is 9.59 Å². The zero-order valence-corrected chi connectivity index (χ0v) is 15.8. The lowest BCUT2D eigenvalue weighted by molar-refractivity contribution is -0.897. The molecule has 1 saturated heterocycles. The molecule has 1 aliphatic heterocycles. The van der Waals surface area contributed by atoms with Crippen LogP contribution >= 0.6 is 0 Å². The molecule has 0 saturated carbocycles. The summed E-state index contributed by atoms with van der Waals surface area (Å²) in [6, 6.07) is 11.5. The minimum absolute atomic E-state index is 0.0672. The second-order valence-corrected chi connectivity index (χ2v) is 7.30. The molecular weight excluding hydrogens is 358 g/mol. The van der Waals surface area contributed by atoms with Crippen LogP contribution in [0.2, 0.25) is 0 Å². The minimum Gasteiger partial charge on any atom is -0.495 e. The van der Waals surface area contributed by atoms with E-state index >= 15 is 0 Å². The lowest BCUT2D eigenvalue weighted by Gasteiger charge is -2.27. The molecule has 3 aromatic rings. The molecule has 7 heteroatoms. The topological polar surface area (TPSA) is 99.0 Å². The Morgan fingerprint density at radius 2 is 1.93 bits per heavy atom. The van der Waals surface area contributed by atoms with Crippen molar-refractivity contribution in [2.24, 2.45) is 11.7 Å². The van der Waals surface area contributed by atoms with Crippen LogP contribution in [0.15, 0.2) is 40.8 Å². The number of furan rings is 1. The Morgan fingerprint density at radius 1 is 1.18 bits per heavy atom. The number of quaternary nitrogens is 1. The van der Waals surface area contributed by atoms with Crippen LogP contribution in [0.4, 0.5) is 5.69 Å². The molecule has 0 aliphatic carbocycles. The number of anilines is 1. The molecular formula is C21H24N3O4+. The van der Waals surface area contributed by atoms with E-state index in [4.69, 9.17) is 14.9 Å². The molecule has 0 bridgehead atoms. The van der Waals surface area contributed by atoms with Gasteiger partial charge in [-0.3, -0.25) is 9.59 Å². The van der Waals surface area contributed by atoms with Crippen molar-refractivity contribution < 1.29 is 23.6 Å². The van der Waals surface area contributed by atoms with Gasteiger partial charge in [0, 0.05) is 35.6 Å². The fourth-order valence-electron chi connectivity index (χ4n) is 3.93. The third-order valence-corrected chi connectivity index (χ3v) is 5.48. The fourth-order valence-corrected chi connectivity index (χ4v) is 3.93. The van der Waals surface area contributed by atoms with E-state index in [2.05, 4.69) is 5.32 Å². The molecule has 1 aliphatic rings. The van der Waals surface area contributed by atoms with Crippen LogP contribution in [0.25, 0.3) is 21.9 Å². The third kappa shape index (κ3) is 3.53. The molecule has 2 heterocycles. The molecule has 2 amide bonds. The molecule has 0 atom stereocenters. The number of amides is 2. The van der Waals surface area contributed by atoms with Crippen molar-refractivity contribution >= 4 is 39.4 Å². The third-order valence-electron chi connectivity index (χ3n) is 5.48. The number of piperidine rings is 1. The Bertz CT molecular complexity index is 1030. The van der Waals surface area contributed by atoms with Crippen LogP contribution in [0.3, 0.4) is 0 Å². The largest absolute Gasteiger partial charge is 0.495 e. The molecule has 0 spiro atoms. The predicted octanol–water partition coefficient (Wildman–Crippen LogP) is 1.31. The molecule has 7 nitrogen and oxygen atoms in total. The maximum atomic E-state index is 12.6. The normalized spacial score (nSPS) is 19.6. The summed E-state index contributed by atoms with van der Waals surface area (Å²) in [5, 5.41) is 4.90. The number of carbonyl (C=O) groups is 2. The number of rotatable bonds is 5. The van der Waals surface area contributed by atoms with Crippen molar-refractivity contribution in [2.45, 2.75) is 12.8 Å². The summed E-state index contributed by atoms with van der Waals surface area (Å²) in [7, 11) is 1.58. The van der Waals surface area contributed by atoms with Gasteiger partial charge in [-0.2, -0.15) is 0 Å². The van der Waals surface area contributed by atoms with Gasteiger partial charge in [0.25, 0.3) is 5.91 Å². The summed E-state index contributed by atoms with van der Waals surface area (Å²) in [4.78, 5) is 25.0. The van der Waals surface area contributed by atoms with Gasteiger partial charge in [-0.15, -0.1) is 0 Å². The highest BCUT2D eigenvalue weighted by molar-refractivity contribution is 6.07. The van der Waals surface area contributed by atoms with Crippen LogP contribution in [0, 0.1) is 5.92 Å². The van der Waals surface area contributed by atoms with Crippen molar-refractivity contribution in [3.05, 3.63) is 36.4 Å². The summed E-state index contributed by atoms with van der Waals surface area (Å²) < 4.78 is 11.4. The Balaban J connectivity index is 1.50. The molecule has 0 radical (unpaired) electrons. The van der Waals surface area contributed by atoms with E-state index in [1.807, 2.05) is 30.3 Å². The molecule has 1 fully saturated rings. The van der Waals surface area contributed by atoms with Gasteiger partial charge in [0.1, 0.15) is 16.9 Å². The monoisotopic (exact) mass is 382 g/mol. The summed E-state index contributed by atoms with van der Waals surface area (Å²) >= 11 is 0. The van der Waals surface area contributed by atoms with Crippen molar-refractivity contribution in [2.75, 3.05) is 32.1 Å². The number of fused-ring (bicyclic) bond motifs is 3. The smallest absolute Gasteiger partial charge is 0.279 e. The number of hydrogen-bond acceptors (Lipinski definition) is 4. The molecule has 4 rings (SSSR count). The number of benzene rings is 2. The molecule has 146 valence electrons. The zero-order chi connectivity index (χ0) is 19.7. The first-order chi connectivity index (χ1) is 13.5. The number of hydrogen-bond donors (Lipinski definition) is 3. The quantitative estimate of drug-likeness (QED) is 0.620. The van der Waals surface area contributed by atoms with E-state index in [1.165, 1.54) is 0 Å². The molecule has 1 aromatic heterocycles. The molecule has 2 aromatic carbocycles. The SMILES string of the molecule is COc1cc2c(cc1NC(=O)C[NH+]1CCC(C(N)=O)CC1)oc1ccccc12. The van der Waals surface area contributed by atoms with Crippen molar-refractivity contribution in [1.82, 2.24) is 0 Å². The highest BCUT2D eigenvalue weighted by atomic mass is 16.5. The molecule has 4 N–H and O–H groups in total. The van der Waals surface area contributed by atoms with Gasteiger partial charge in [-0.05, 0) is 12.1 Å². The van der Waals surface area contributed by atoms with E-state index < -0.39 is 0 Å². The summed E-state index contributed by atoms with van der Waals surface area (Å²) in [5.74, 6) is 0.186. The van der Waals surface area contributed by atoms with Gasteiger partial charge in [0.2, 0.25) is 5.91 Å². The average molecular weight is 382 g/mol. The standard InChI is InChI=1S/C21H23N3O4/c1-27-19-10-15-14-4-2-3-5-17(14)28-18(15)11-16(19)23-20(25)12-24-8-6-13(7-9-24)21(22)26/h2-5,10-11,13H,6-9,12H2,1H3,(H2,22,26)(H,23,25)/p+1. The Hall–Kier alpha value is -3.06. The first-order valence-corrected chi connectivity index (χ1v) is 9.47. The van der Waals surface area contributed by atoms with Crippen LogP contribution in [0.5, 0.6) is 5.75 Å². The van der Waals surface area contributed by atoms with Gasteiger partial charge in [0.15, 0.2) is 6.54 Å². The van der Waals surface area contributed by atoms with Crippen molar-refractivity contribution in [1.29, 1.82) is 0 Å². The molecule has 28 heavy (non-hydrogen) atoms. The van der Waals surface area contributed by atoms with Gasteiger partial charge in [-0.25, -0.2) is 0 Å². The fraction of sp³-hybridized carbons (Fsp3) is 0.333. The van der Waals surface area contributed by atoms with Crippen LogP contribution in [0.1, 0.15) is 12.8 Å². The van der Waals surface area contributed by atoms with Crippen molar-refractivity contribution in [3.8, 4) is 5.75 Å². The van der Waals surface area contributed by atoms with Crippen LogP contribution < -0.4 is 20.7 Å². The van der Waals surface area contributed by atoms with Gasteiger partial charge >= 0.3 is 0 Å². The number of nitrogens with two attached hydrogens (primary N) is 1. The number of carbonyl (C=O) groups excluding carboxylic acids is 2. The number of methoxy groups -OCH3 is 1. The number of para-hydroxylation sites is 1. The number of primary amides is 1. The van der Waals surface area contributed by atoms with Gasteiger partial charge in [0.05, 0.1) is 25.9 Å². The number of likely N-dealkylation sites (tertiary alicyclic amines) is 1. The lowest BCUT2D eigenvalue weighted by atomic mass is 9.96. The highest BCUT2D eigenvalue weighted by Gasteiger charge is 2.27. The maximum absolute atomic E-state index is 12.6. The summed E-state index contributed by atoms with van der Waals surface area (Å²) in [6.07, 6.45) is 1.46. The number of nitrogens with one attached hydrogen (secondary N) is 2. The van der Waals surface area contributed by atoms with E-state index in [1.54, 1.807) is 13.2 Å².